The lowest BCUT2D eigenvalue weighted by Crippen LogP contribution is -2.26. The summed E-state index contributed by atoms with van der Waals surface area (Å²) in [5.74, 6) is 2.60. The van der Waals surface area contributed by atoms with Gasteiger partial charge in [0.15, 0.2) is 5.82 Å². The first-order chi connectivity index (χ1) is 9.40. The van der Waals surface area contributed by atoms with Gasteiger partial charge in [0, 0.05) is 37.1 Å². The van der Waals surface area contributed by atoms with E-state index in [0.717, 1.165) is 55.1 Å². The van der Waals surface area contributed by atoms with Crippen LogP contribution in [0.25, 0.3) is 11.3 Å². The van der Waals surface area contributed by atoms with Gasteiger partial charge in [0.2, 0.25) is 0 Å². The van der Waals surface area contributed by atoms with E-state index in [1.807, 2.05) is 0 Å². The van der Waals surface area contributed by atoms with Crippen molar-refractivity contribution in [2.45, 2.75) is 0 Å². The predicted octanol–water partition coefficient (Wildman–Crippen LogP) is 1.86. The molecule has 19 heavy (non-hydrogen) atoms. The molecule has 0 aromatic carbocycles. The second-order valence-electron chi connectivity index (χ2n) is 5.37. The third kappa shape index (κ3) is 2.03. The van der Waals surface area contributed by atoms with Crippen molar-refractivity contribution in [3.8, 4) is 11.3 Å². The van der Waals surface area contributed by atoms with Crippen molar-refractivity contribution in [2.24, 2.45) is 11.8 Å². The van der Waals surface area contributed by atoms with Gasteiger partial charge >= 0.3 is 0 Å². The second-order valence-corrected chi connectivity index (χ2v) is 6.15. The average molecular weight is 272 g/mol. The highest BCUT2D eigenvalue weighted by Gasteiger charge is 2.36. The number of nitrogens with one attached hydrogen (secondary N) is 1. The highest BCUT2D eigenvalue weighted by atomic mass is 32.1. The van der Waals surface area contributed by atoms with Gasteiger partial charge in [0.25, 0.3) is 0 Å². The highest BCUT2D eigenvalue weighted by molar-refractivity contribution is 7.08. The van der Waals surface area contributed by atoms with Crippen LogP contribution in [0.4, 0.5) is 5.82 Å². The van der Waals surface area contributed by atoms with Crippen LogP contribution >= 0.6 is 11.3 Å². The first-order valence-corrected chi connectivity index (χ1v) is 7.66. The van der Waals surface area contributed by atoms with Gasteiger partial charge in [-0.3, -0.25) is 0 Å². The van der Waals surface area contributed by atoms with Crippen LogP contribution in [0.15, 0.2) is 29.0 Å². The first kappa shape index (κ1) is 11.4. The Kier molecular flexibility index (Phi) is 2.74. The molecule has 0 aliphatic carbocycles. The van der Waals surface area contributed by atoms with E-state index in [1.165, 1.54) is 0 Å². The van der Waals surface area contributed by atoms with Crippen molar-refractivity contribution < 1.29 is 0 Å². The molecule has 2 aromatic heterocycles. The fourth-order valence-corrected chi connectivity index (χ4v) is 3.75. The molecule has 5 heteroatoms. The molecule has 2 saturated heterocycles. The van der Waals surface area contributed by atoms with E-state index in [4.69, 9.17) is 0 Å². The van der Waals surface area contributed by atoms with Crippen LogP contribution in [-0.2, 0) is 0 Å². The molecule has 0 amide bonds. The minimum Gasteiger partial charge on any atom is -0.354 e. The number of anilines is 1. The summed E-state index contributed by atoms with van der Waals surface area (Å²) in [6.45, 7) is 4.54. The largest absolute Gasteiger partial charge is 0.354 e. The summed E-state index contributed by atoms with van der Waals surface area (Å²) in [6, 6.07) is 6.27. The van der Waals surface area contributed by atoms with Gasteiger partial charge in [-0.15, -0.1) is 10.2 Å². The first-order valence-electron chi connectivity index (χ1n) is 6.72. The topological polar surface area (TPSA) is 41.0 Å². The van der Waals surface area contributed by atoms with Gasteiger partial charge in [-0.05, 0) is 35.4 Å². The lowest BCUT2D eigenvalue weighted by atomic mass is 10.0. The van der Waals surface area contributed by atoms with Crippen molar-refractivity contribution in [1.82, 2.24) is 15.5 Å². The summed E-state index contributed by atoms with van der Waals surface area (Å²) >= 11 is 1.69. The lowest BCUT2D eigenvalue weighted by molar-refractivity contribution is 0.533. The standard InChI is InChI=1S/C14H16N4S/c1-2-14(17-16-13(1)10-3-4-19-9-10)18-7-11-5-15-6-12(11)8-18/h1-4,9,11-12,15H,5-8H2. The predicted molar refractivity (Wildman–Crippen MR) is 77.4 cm³/mol. The number of rotatable bonds is 2. The average Bonchev–Trinajstić information content (AvgIpc) is 3.15. The highest BCUT2D eigenvalue weighted by Crippen LogP contribution is 2.29. The molecule has 2 unspecified atom stereocenters. The number of aromatic nitrogens is 2. The van der Waals surface area contributed by atoms with E-state index in [2.05, 4.69) is 49.4 Å². The molecule has 2 aliphatic heterocycles. The Morgan fingerprint density at radius 2 is 1.95 bits per heavy atom. The van der Waals surface area contributed by atoms with Gasteiger partial charge in [0.1, 0.15) is 0 Å². The molecule has 1 N–H and O–H groups in total. The van der Waals surface area contributed by atoms with E-state index in [0.29, 0.717) is 0 Å². The lowest BCUT2D eigenvalue weighted by Gasteiger charge is -2.17. The summed E-state index contributed by atoms with van der Waals surface area (Å²) in [6.07, 6.45) is 0. The molecule has 0 bridgehead atoms. The van der Waals surface area contributed by atoms with Crippen molar-refractivity contribution >= 4 is 17.2 Å². The second kappa shape index (κ2) is 4.58. The number of hydrogen-bond acceptors (Lipinski definition) is 5. The maximum Gasteiger partial charge on any atom is 0.151 e. The Balaban J connectivity index is 1.53. The number of hydrogen-bond donors (Lipinski definition) is 1. The van der Waals surface area contributed by atoms with Crippen LogP contribution < -0.4 is 10.2 Å². The zero-order valence-corrected chi connectivity index (χ0v) is 11.4. The smallest absolute Gasteiger partial charge is 0.151 e. The van der Waals surface area contributed by atoms with Gasteiger partial charge in [-0.2, -0.15) is 11.3 Å². The summed E-state index contributed by atoms with van der Waals surface area (Å²) in [7, 11) is 0. The number of thiophene rings is 1. The summed E-state index contributed by atoms with van der Waals surface area (Å²) in [5.41, 5.74) is 2.12. The zero-order chi connectivity index (χ0) is 12.7. The van der Waals surface area contributed by atoms with E-state index < -0.39 is 0 Å². The maximum atomic E-state index is 4.40. The molecule has 2 aliphatic rings. The van der Waals surface area contributed by atoms with Gasteiger partial charge in [0.05, 0.1) is 5.69 Å². The molecule has 4 rings (SSSR count). The van der Waals surface area contributed by atoms with Crippen molar-refractivity contribution in [2.75, 3.05) is 31.1 Å². The van der Waals surface area contributed by atoms with Crippen LogP contribution in [0, 0.1) is 11.8 Å². The zero-order valence-electron chi connectivity index (χ0n) is 10.6. The van der Waals surface area contributed by atoms with Crippen LogP contribution in [0.2, 0.25) is 0 Å². The minimum atomic E-state index is 0.790. The SMILES string of the molecule is c1cc(-c2ccc(N3CC4CNCC4C3)nn2)cs1. The Bertz CT molecular complexity index is 539. The fraction of sp³-hybridized carbons (Fsp3) is 0.429. The summed E-state index contributed by atoms with van der Waals surface area (Å²) in [5, 5.41) is 16.4. The molecule has 0 radical (unpaired) electrons. The van der Waals surface area contributed by atoms with Crippen LogP contribution in [0.5, 0.6) is 0 Å². The monoisotopic (exact) mass is 272 g/mol. The Morgan fingerprint density at radius 1 is 1.11 bits per heavy atom. The number of nitrogens with zero attached hydrogens (tertiary/aromatic N) is 3. The van der Waals surface area contributed by atoms with E-state index in [-0.39, 0.29) is 0 Å². The van der Waals surface area contributed by atoms with E-state index in [9.17, 15) is 0 Å². The van der Waals surface area contributed by atoms with E-state index >= 15 is 0 Å². The van der Waals surface area contributed by atoms with E-state index in [1.54, 1.807) is 11.3 Å². The third-order valence-electron chi connectivity index (χ3n) is 4.18. The Morgan fingerprint density at radius 3 is 2.58 bits per heavy atom. The Labute approximate surface area is 116 Å². The van der Waals surface area contributed by atoms with Crippen LogP contribution in [0.1, 0.15) is 0 Å². The molecule has 2 fully saturated rings. The normalized spacial score (nSPS) is 25.8. The summed E-state index contributed by atoms with van der Waals surface area (Å²) in [4.78, 5) is 2.38. The fourth-order valence-electron chi connectivity index (χ4n) is 3.10. The molecule has 4 nitrogen and oxygen atoms in total. The van der Waals surface area contributed by atoms with Crippen LogP contribution in [-0.4, -0.2) is 36.4 Å². The molecule has 4 heterocycles. The number of fused-ring (bicyclic) bond motifs is 1. The van der Waals surface area contributed by atoms with Crippen LogP contribution in [0.3, 0.4) is 0 Å². The van der Waals surface area contributed by atoms with Gasteiger partial charge in [-0.1, -0.05) is 0 Å². The quantitative estimate of drug-likeness (QED) is 0.906. The minimum absolute atomic E-state index is 0.790. The van der Waals surface area contributed by atoms with Gasteiger partial charge < -0.3 is 10.2 Å². The molecular weight excluding hydrogens is 256 g/mol. The summed E-state index contributed by atoms with van der Waals surface area (Å²) < 4.78 is 0. The molecule has 98 valence electrons. The molecular formula is C14H16N4S. The van der Waals surface area contributed by atoms with Crippen molar-refractivity contribution in [3.63, 3.8) is 0 Å². The third-order valence-corrected chi connectivity index (χ3v) is 4.86. The van der Waals surface area contributed by atoms with Crippen molar-refractivity contribution in [1.29, 1.82) is 0 Å². The van der Waals surface area contributed by atoms with Crippen molar-refractivity contribution in [3.05, 3.63) is 29.0 Å². The Hall–Kier alpha value is -1.46. The maximum absolute atomic E-state index is 4.40. The molecule has 2 aromatic rings. The molecule has 2 atom stereocenters. The molecule has 0 saturated carbocycles. The van der Waals surface area contributed by atoms with Gasteiger partial charge in [-0.25, -0.2) is 0 Å². The molecule has 0 spiro atoms.